The quantitative estimate of drug-likeness (QED) is 0.690. The van der Waals surface area contributed by atoms with Crippen LogP contribution >= 0.6 is 11.6 Å². The van der Waals surface area contributed by atoms with Gasteiger partial charge in [-0.05, 0) is 25.2 Å². The van der Waals surface area contributed by atoms with Gasteiger partial charge in [-0.2, -0.15) is 17.0 Å². The molecule has 0 aromatic rings. The molecule has 2 saturated heterocycles. The number of nitrogens with zero attached hydrogens (tertiary/aromatic N) is 2. The molecule has 20 heavy (non-hydrogen) atoms. The van der Waals surface area contributed by atoms with Gasteiger partial charge in [0.05, 0.1) is 11.5 Å². The molecule has 0 radical (unpaired) electrons. The second-order valence-corrected chi connectivity index (χ2v) is 9.95. The summed E-state index contributed by atoms with van der Waals surface area (Å²) in [5.41, 5.74) is 0. The van der Waals surface area contributed by atoms with Crippen LogP contribution in [0.15, 0.2) is 0 Å². The molecule has 0 saturated carbocycles. The van der Waals surface area contributed by atoms with Crippen molar-refractivity contribution in [2.45, 2.75) is 19.3 Å². The summed E-state index contributed by atoms with van der Waals surface area (Å²) in [5, 5.41) is 0. The number of halogens is 1. The number of alkyl halides is 1. The fourth-order valence-electron chi connectivity index (χ4n) is 2.60. The normalized spacial score (nSPS) is 27.2. The van der Waals surface area contributed by atoms with Crippen molar-refractivity contribution in [2.75, 3.05) is 43.6 Å². The molecule has 0 bridgehead atoms. The molecule has 2 aliphatic heterocycles. The van der Waals surface area contributed by atoms with Crippen molar-refractivity contribution in [1.82, 2.24) is 8.61 Å². The zero-order valence-electron chi connectivity index (χ0n) is 11.4. The molecule has 2 rings (SSSR count). The Hall–Kier alpha value is 0.110. The van der Waals surface area contributed by atoms with Crippen LogP contribution in [0.5, 0.6) is 0 Å². The highest BCUT2D eigenvalue weighted by Crippen LogP contribution is 2.23. The van der Waals surface area contributed by atoms with Crippen LogP contribution in [0.3, 0.4) is 0 Å². The standard InChI is InChI=1S/C11H21ClN2O4S2/c12-10-11-2-5-14(6-3-11)20(17,18)13-4-1-8-19(15,16)9-7-13/h11H,1-10H2. The summed E-state index contributed by atoms with van der Waals surface area (Å²) in [6.07, 6.45) is 1.92. The highest BCUT2D eigenvalue weighted by atomic mass is 35.5. The summed E-state index contributed by atoms with van der Waals surface area (Å²) < 4.78 is 50.9. The molecule has 0 amide bonds. The van der Waals surface area contributed by atoms with Crippen molar-refractivity contribution in [3.05, 3.63) is 0 Å². The summed E-state index contributed by atoms with van der Waals surface area (Å²) >= 11 is 5.80. The van der Waals surface area contributed by atoms with Gasteiger partial charge in [-0.1, -0.05) is 0 Å². The maximum absolute atomic E-state index is 12.5. The zero-order valence-corrected chi connectivity index (χ0v) is 13.8. The van der Waals surface area contributed by atoms with Crippen LogP contribution in [0.25, 0.3) is 0 Å². The van der Waals surface area contributed by atoms with Crippen LogP contribution in [0.4, 0.5) is 0 Å². The molecule has 0 aromatic heterocycles. The van der Waals surface area contributed by atoms with E-state index in [-0.39, 0.29) is 24.6 Å². The first-order chi connectivity index (χ1) is 9.35. The number of piperidine rings is 1. The van der Waals surface area contributed by atoms with E-state index in [2.05, 4.69) is 0 Å². The molecule has 2 aliphatic rings. The predicted octanol–water partition coefficient (Wildman–Crippen LogP) is 0.303. The number of rotatable bonds is 3. The van der Waals surface area contributed by atoms with Gasteiger partial charge in [-0.15, -0.1) is 11.6 Å². The van der Waals surface area contributed by atoms with Gasteiger partial charge in [0.1, 0.15) is 0 Å². The van der Waals surface area contributed by atoms with Crippen molar-refractivity contribution >= 4 is 31.6 Å². The van der Waals surface area contributed by atoms with Gasteiger partial charge < -0.3 is 0 Å². The van der Waals surface area contributed by atoms with E-state index in [1.54, 1.807) is 0 Å². The fourth-order valence-corrected chi connectivity index (χ4v) is 5.98. The second kappa shape index (κ2) is 6.48. The summed E-state index contributed by atoms with van der Waals surface area (Å²) in [4.78, 5) is 0. The minimum atomic E-state index is -3.53. The fraction of sp³-hybridized carbons (Fsp3) is 1.00. The third-order valence-electron chi connectivity index (χ3n) is 3.96. The summed E-state index contributed by atoms with van der Waals surface area (Å²) in [7, 11) is -6.63. The summed E-state index contributed by atoms with van der Waals surface area (Å²) in [6.45, 7) is 1.31. The van der Waals surface area contributed by atoms with Crippen LogP contribution in [-0.4, -0.2) is 69.0 Å². The first-order valence-electron chi connectivity index (χ1n) is 6.87. The molecule has 2 fully saturated rings. The first kappa shape index (κ1) is 16.5. The lowest BCUT2D eigenvalue weighted by atomic mass is 10.0. The summed E-state index contributed by atoms with van der Waals surface area (Å²) in [5.74, 6) is 0.945. The maximum atomic E-state index is 12.5. The van der Waals surface area contributed by atoms with Gasteiger partial charge in [0.25, 0.3) is 10.2 Å². The van der Waals surface area contributed by atoms with Gasteiger partial charge in [0.2, 0.25) is 0 Å². The van der Waals surface area contributed by atoms with Crippen molar-refractivity contribution < 1.29 is 16.8 Å². The van der Waals surface area contributed by atoms with Crippen LogP contribution in [0.1, 0.15) is 19.3 Å². The van der Waals surface area contributed by atoms with Gasteiger partial charge >= 0.3 is 0 Å². The molecular formula is C11H21ClN2O4S2. The van der Waals surface area contributed by atoms with Crippen molar-refractivity contribution in [2.24, 2.45) is 5.92 Å². The molecule has 6 nitrogen and oxygen atoms in total. The average molecular weight is 345 g/mol. The van der Waals surface area contributed by atoms with E-state index >= 15 is 0 Å². The SMILES string of the molecule is O=S1(=O)CCCN(S(=O)(=O)N2CCC(CCl)CC2)CC1. The predicted molar refractivity (Wildman–Crippen MR) is 78.8 cm³/mol. The van der Waals surface area contributed by atoms with Crippen LogP contribution < -0.4 is 0 Å². The molecule has 0 aliphatic carbocycles. The van der Waals surface area contributed by atoms with Crippen LogP contribution in [-0.2, 0) is 20.0 Å². The minimum absolute atomic E-state index is 0.0695. The molecule has 0 atom stereocenters. The van der Waals surface area contributed by atoms with E-state index in [4.69, 9.17) is 11.6 Å². The Kier molecular flexibility index (Phi) is 5.34. The molecule has 0 aromatic carbocycles. The Bertz CT molecular complexity index is 527. The summed E-state index contributed by atoms with van der Waals surface area (Å²) in [6, 6.07) is 0. The lowest BCUT2D eigenvalue weighted by Gasteiger charge is -2.33. The van der Waals surface area contributed by atoms with Gasteiger partial charge in [0.15, 0.2) is 9.84 Å². The third kappa shape index (κ3) is 3.85. The van der Waals surface area contributed by atoms with Gasteiger partial charge in [-0.25, -0.2) is 8.42 Å². The Labute approximate surface area is 126 Å². The topological polar surface area (TPSA) is 74.8 Å². The Balaban J connectivity index is 2.03. The number of hydrogen-bond donors (Lipinski definition) is 0. The highest BCUT2D eigenvalue weighted by molar-refractivity contribution is 7.91. The number of hydrogen-bond acceptors (Lipinski definition) is 4. The van der Waals surface area contributed by atoms with Gasteiger partial charge in [-0.3, -0.25) is 0 Å². The van der Waals surface area contributed by atoms with E-state index in [1.165, 1.54) is 8.61 Å². The Morgan fingerprint density at radius 3 is 2.20 bits per heavy atom. The monoisotopic (exact) mass is 344 g/mol. The molecule has 0 spiro atoms. The highest BCUT2D eigenvalue weighted by Gasteiger charge is 2.34. The van der Waals surface area contributed by atoms with E-state index in [1.807, 2.05) is 0 Å². The second-order valence-electron chi connectivity index (χ2n) is 5.41. The van der Waals surface area contributed by atoms with E-state index in [0.717, 1.165) is 12.8 Å². The molecule has 9 heteroatoms. The van der Waals surface area contributed by atoms with E-state index in [0.29, 0.717) is 31.3 Å². The lowest BCUT2D eigenvalue weighted by molar-refractivity contribution is 0.268. The molecular weight excluding hydrogens is 324 g/mol. The first-order valence-corrected chi connectivity index (χ1v) is 10.6. The Morgan fingerprint density at radius 2 is 1.60 bits per heavy atom. The zero-order chi connectivity index (χ0) is 14.8. The van der Waals surface area contributed by atoms with Crippen molar-refractivity contribution in [3.8, 4) is 0 Å². The lowest BCUT2D eigenvalue weighted by Crippen LogP contribution is -2.48. The largest absolute Gasteiger partial charge is 0.282 e. The number of sulfone groups is 1. The molecule has 0 unspecified atom stereocenters. The van der Waals surface area contributed by atoms with E-state index < -0.39 is 20.0 Å². The maximum Gasteiger partial charge on any atom is 0.282 e. The Morgan fingerprint density at radius 1 is 1.00 bits per heavy atom. The van der Waals surface area contributed by atoms with Crippen LogP contribution in [0.2, 0.25) is 0 Å². The third-order valence-corrected chi connectivity index (χ3v) is 8.15. The average Bonchev–Trinajstić information content (AvgIpc) is 2.60. The molecule has 2 heterocycles. The van der Waals surface area contributed by atoms with Crippen molar-refractivity contribution in [3.63, 3.8) is 0 Å². The minimum Gasteiger partial charge on any atom is -0.229 e. The van der Waals surface area contributed by atoms with Gasteiger partial charge in [0, 0.05) is 32.1 Å². The van der Waals surface area contributed by atoms with E-state index in [9.17, 15) is 16.8 Å². The molecule has 0 N–H and O–H groups in total. The molecule has 118 valence electrons. The van der Waals surface area contributed by atoms with Crippen molar-refractivity contribution in [1.29, 1.82) is 0 Å². The smallest absolute Gasteiger partial charge is 0.229 e. The van der Waals surface area contributed by atoms with Crippen LogP contribution in [0, 0.1) is 5.92 Å².